The Morgan fingerprint density at radius 1 is 1.22 bits per heavy atom. The summed E-state index contributed by atoms with van der Waals surface area (Å²) in [6.07, 6.45) is 3.72. The van der Waals surface area contributed by atoms with E-state index in [1.807, 2.05) is 18.2 Å². The van der Waals surface area contributed by atoms with Crippen LogP contribution in [0, 0.1) is 5.92 Å². The highest BCUT2D eigenvalue weighted by atomic mass is 32.1. The van der Waals surface area contributed by atoms with Gasteiger partial charge in [0.15, 0.2) is 5.82 Å². The molecule has 3 rings (SSSR count). The van der Waals surface area contributed by atoms with Gasteiger partial charge in [-0.25, -0.2) is 0 Å². The zero-order valence-corrected chi connectivity index (χ0v) is 14.8. The van der Waals surface area contributed by atoms with Gasteiger partial charge in [0.25, 0.3) is 0 Å². The van der Waals surface area contributed by atoms with Crippen LogP contribution in [0.1, 0.15) is 33.1 Å². The number of anilines is 1. The highest BCUT2D eigenvalue weighted by Crippen LogP contribution is 2.26. The molecular formula is C18H25N3OS. The minimum absolute atomic E-state index is 0.409. The second-order valence-electron chi connectivity index (χ2n) is 6.51. The second-order valence-corrected chi connectivity index (χ2v) is 7.24. The van der Waals surface area contributed by atoms with Crippen LogP contribution in [0.3, 0.4) is 0 Å². The van der Waals surface area contributed by atoms with E-state index in [4.69, 9.17) is 9.72 Å². The number of rotatable bonds is 6. The van der Waals surface area contributed by atoms with Gasteiger partial charge < -0.3 is 9.64 Å². The average molecular weight is 331 g/mol. The SMILES string of the molecule is CC(C)CCOC1CCN(c2nc(-c3ccccc3)ns2)CC1. The van der Waals surface area contributed by atoms with Gasteiger partial charge in [-0.1, -0.05) is 44.2 Å². The van der Waals surface area contributed by atoms with Crippen LogP contribution >= 0.6 is 11.5 Å². The smallest absolute Gasteiger partial charge is 0.205 e. The first-order chi connectivity index (χ1) is 11.2. The molecule has 0 atom stereocenters. The largest absolute Gasteiger partial charge is 0.378 e. The summed E-state index contributed by atoms with van der Waals surface area (Å²) in [6, 6.07) is 10.2. The maximum absolute atomic E-state index is 5.99. The molecule has 1 aromatic heterocycles. The Morgan fingerprint density at radius 2 is 1.96 bits per heavy atom. The molecule has 23 heavy (non-hydrogen) atoms. The minimum atomic E-state index is 0.409. The molecule has 0 aliphatic carbocycles. The van der Waals surface area contributed by atoms with E-state index in [9.17, 15) is 0 Å². The van der Waals surface area contributed by atoms with Crippen LogP contribution in [0.4, 0.5) is 5.13 Å². The third kappa shape index (κ3) is 4.52. The van der Waals surface area contributed by atoms with Crippen LogP contribution in [0.15, 0.2) is 30.3 Å². The molecule has 1 fully saturated rings. The first-order valence-electron chi connectivity index (χ1n) is 8.48. The first kappa shape index (κ1) is 16.4. The fourth-order valence-electron chi connectivity index (χ4n) is 2.73. The van der Waals surface area contributed by atoms with Gasteiger partial charge >= 0.3 is 0 Å². The lowest BCUT2D eigenvalue weighted by molar-refractivity contribution is 0.0312. The molecule has 2 heterocycles. The number of aromatic nitrogens is 2. The lowest BCUT2D eigenvalue weighted by atomic mass is 10.1. The molecule has 0 unspecified atom stereocenters. The Labute approximate surface area is 142 Å². The van der Waals surface area contributed by atoms with Crippen molar-refractivity contribution in [3.63, 3.8) is 0 Å². The Morgan fingerprint density at radius 3 is 2.65 bits per heavy atom. The quantitative estimate of drug-likeness (QED) is 0.794. The maximum Gasteiger partial charge on any atom is 0.205 e. The number of benzene rings is 1. The van der Waals surface area contributed by atoms with Crippen molar-refractivity contribution in [2.45, 2.75) is 39.2 Å². The van der Waals surface area contributed by atoms with E-state index in [0.717, 1.165) is 55.5 Å². The normalized spacial score (nSPS) is 16.2. The van der Waals surface area contributed by atoms with Gasteiger partial charge in [-0.2, -0.15) is 9.36 Å². The predicted molar refractivity (Wildman–Crippen MR) is 96.0 cm³/mol. The standard InChI is InChI=1S/C18H25N3OS/c1-14(2)10-13-22-16-8-11-21(12-9-16)18-19-17(20-23-18)15-6-4-3-5-7-15/h3-7,14,16H,8-13H2,1-2H3. The van der Waals surface area contributed by atoms with E-state index >= 15 is 0 Å². The summed E-state index contributed by atoms with van der Waals surface area (Å²) in [5.74, 6) is 1.55. The molecule has 1 aliphatic rings. The number of ether oxygens (including phenoxy) is 1. The van der Waals surface area contributed by atoms with Gasteiger partial charge in [-0.15, -0.1) is 0 Å². The average Bonchev–Trinajstić information content (AvgIpc) is 3.06. The number of piperidine rings is 1. The van der Waals surface area contributed by atoms with Crippen LogP contribution in [-0.2, 0) is 4.74 Å². The van der Waals surface area contributed by atoms with Crippen molar-refractivity contribution in [2.75, 3.05) is 24.6 Å². The molecular weight excluding hydrogens is 306 g/mol. The molecule has 4 nitrogen and oxygen atoms in total. The van der Waals surface area contributed by atoms with Crippen molar-refractivity contribution in [1.29, 1.82) is 0 Å². The summed E-state index contributed by atoms with van der Waals surface area (Å²) in [4.78, 5) is 7.05. The zero-order valence-electron chi connectivity index (χ0n) is 13.9. The van der Waals surface area contributed by atoms with Crippen LogP contribution < -0.4 is 4.90 Å². The third-order valence-corrected chi connectivity index (χ3v) is 4.99. The van der Waals surface area contributed by atoms with Crippen molar-refractivity contribution in [1.82, 2.24) is 9.36 Å². The fraction of sp³-hybridized carbons (Fsp3) is 0.556. The Bertz CT molecular complexity index is 591. The molecule has 0 N–H and O–H groups in total. The van der Waals surface area contributed by atoms with Gasteiger partial charge in [0, 0.05) is 36.8 Å². The molecule has 1 saturated heterocycles. The summed E-state index contributed by atoms with van der Waals surface area (Å²) in [5, 5.41) is 1.03. The van der Waals surface area contributed by atoms with E-state index in [1.165, 1.54) is 11.5 Å². The van der Waals surface area contributed by atoms with Gasteiger partial charge in [0.2, 0.25) is 5.13 Å². The first-order valence-corrected chi connectivity index (χ1v) is 9.25. The Balaban J connectivity index is 1.51. The number of nitrogens with zero attached hydrogens (tertiary/aromatic N) is 3. The van der Waals surface area contributed by atoms with Crippen molar-refractivity contribution in [3.05, 3.63) is 30.3 Å². The summed E-state index contributed by atoms with van der Waals surface area (Å²) < 4.78 is 10.5. The highest BCUT2D eigenvalue weighted by molar-refractivity contribution is 7.09. The molecule has 0 spiro atoms. The van der Waals surface area contributed by atoms with E-state index in [2.05, 4.69) is 35.3 Å². The molecule has 0 amide bonds. The van der Waals surface area contributed by atoms with Crippen LogP contribution in [0.25, 0.3) is 11.4 Å². The van der Waals surface area contributed by atoms with Crippen molar-refractivity contribution in [2.24, 2.45) is 5.92 Å². The lowest BCUT2D eigenvalue weighted by Crippen LogP contribution is -2.37. The monoisotopic (exact) mass is 331 g/mol. The fourth-order valence-corrected chi connectivity index (χ4v) is 3.47. The maximum atomic E-state index is 5.99. The van der Waals surface area contributed by atoms with Crippen molar-refractivity contribution in [3.8, 4) is 11.4 Å². The van der Waals surface area contributed by atoms with Crippen LogP contribution in [0.2, 0.25) is 0 Å². The van der Waals surface area contributed by atoms with Crippen molar-refractivity contribution >= 4 is 16.7 Å². The summed E-state index contributed by atoms with van der Waals surface area (Å²) in [7, 11) is 0. The van der Waals surface area contributed by atoms with Gasteiger partial charge in [0.1, 0.15) is 0 Å². The molecule has 0 saturated carbocycles. The van der Waals surface area contributed by atoms with Gasteiger partial charge in [-0.3, -0.25) is 0 Å². The van der Waals surface area contributed by atoms with E-state index in [0.29, 0.717) is 12.0 Å². The number of hydrogen-bond donors (Lipinski definition) is 0. The minimum Gasteiger partial charge on any atom is -0.378 e. The van der Waals surface area contributed by atoms with Crippen molar-refractivity contribution < 1.29 is 4.74 Å². The molecule has 1 aromatic carbocycles. The molecule has 5 heteroatoms. The summed E-state index contributed by atoms with van der Waals surface area (Å²) in [5.41, 5.74) is 1.09. The molecule has 124 valence electrons. The predicted octanol–water partition coefficient (Wildman–Crippen LogP) is 4.24. The Kier molecular flexibility index (Phi) is 5.62. The second kappa shape index (κ2) is 7.88. The zero-order chi connectivity index (χ0) is 16.1. The topological polar surface area (TPSA) is 38.2 Å². The lowest BCUT2D eigenvalue weighted by Gasteiger charge is -2.31. The highest BCUT2D eigenvalue weighted by Gasteiger charge is 2.22. The molecule has 0 bridgehead atoms. The number of hydrogen-bond acceptors (Lipinski definition) is 5. The third-order valence-electron chi connectivity index (χ3n) is 4.21. The van der Waals surface area contributed by atoms with E-state index in [1.54, 1.807) is 0 Å². The van der Waals surface area contributed by atoms with Gasteiger partial charge in [0.05, 0.1) is 6.10 Å². The van der Waals surface area contributed by atoms with Crippen LogP contribution in [-0.4, -0.2) is 35.2 Å². The molecule has 0 radical (unpaired) electrons. The van der Waals surface area contributed by atoms with E-state index in [-0.39, 0.29) is 0 Å². The summed E-state index contributed by atoms with van der Waals surface area (Å²) in [6.45, 7) is 7.39. The van der Waals surface area contributed by atoms with E-state index < -0.39 is 0 Å². The molecule has 2 aromatic rings. The Hall–Kier alpha value is -1.46. The molecule has 1 aliphatic heterocycles. The summed E-state index contributed by atoms with van der Waals surface area (Å²) >= 11 is 1.50. The van der Waals surface area contributed by atoms with Crippen LogP contribution in [0.5, 0.6) is 0 Å². The van der Waals surface area contributed by atoms with Gasteiger partial charge in [-0.05, 0) is 25.2 Å².